The number of hydrogen-bond acceptors (Lipinski definition) is 3. The number of nitrogens with one attached hydrogen (secondary N) is 2. The van der Waals surface area contributed by atoms with Gasteiger partial charge in [-0.2, -0.15) is 0 Å². The standard InChI is InChI=1S/C18H20N2O3/c1-13(14(2)23-17-6-4-3-5-7-17)20-18(22)15-8-10-16(11-9-15)19-12-21/h3-14H,1-2H3,(H,19,21)(H,20,22)/t13-,14-/m0/s1. The molecule has 5 heteroatoms. The van der Waals surface area contributed by atoms with Crippen molar-refractivity contribution in [3.05, 3.63) is 60.2 Å². The van der Waals surface area contributed by atoms with Gasteiger partial charge < -0.3 is 15.4 Å². The summed E-state index contributed by atoms with van der Waals surface area (Å²) < 4.78 is 5.80. The van der Waals surface area contributed by atoms with Gasteiger partial charge >= 0.3 is 0 Å². The Kier molecular flexibility index (Phi) is 5.74. The van der Waals surface area contributed by atoms with E-state index in [1.165, 1.54) is 0 Å². The molecule has 0 heterocycles. The van der Waals surface area contributed by atoms with E-state index < -0.39 is 0 Å². The maximum atomic E-state index is 12.2. The number of carbonyl (C=O) groups excluding carboxylic acids is 2. The van der Waals surface area contributed by atoms with Crippen LogP contribution in [0.2, 0.25) is 0 Å². The predicted octanol–water partition coefficient (Wildman–Crippen LogP) is 2.84. The molecule has 5 nitrogen and oxygen atoms in total. The number of anilines is 1. The van der Waals surface area contributed by atoms with Crippen LogP contribution in [0.25, 0.3) is 0 Å². The van der Waals surface area contributed by atoms with E-state index in [9.17, 15) is 9.59 Å². The van der Waals surface area contributed by atoms with E-state index in [0.29, 0.717) is 17.7 Å². The summed E-state index contributed by atoms with van der Waals surface area (Å²) in [7, 11) is 0. The van der Waals surface area contributed by atoms with Gasteiger partial charge in [0, 0.05) is 11.3 Å². The van der Waals surface area contributed by atoms with Crippen LogP contribution in [0.5, 0.6) is 5.75 Å². The number of hydrogen-bond donors (Lipinski definition) is 2. The van der Waals surface area contributed by atoms with Crippen LogP contribution in [0.4, 0.5) is 5.69 Å². The van der Waals surface area contributed by atoms with Gasteiger partial charge in [0.2, 0.25) is 6.41 Å². The molecule has 0 saturated carbocycles. The minimum absolute atomic E-state index is 0.157. The third-order valence-corrected chi connectivity index (χ3v) is 3.50. The number of carbonyl (C=O) groups is 2. The van der Waals surface area contributed by atoms with Crippen molar-refractivity contribution in [3.8, 4) is 5.75 Å². The fourth-order valence-corrected chi connectivity index (χ4v) is 2.01. The highest BCUT2D eigenvalue weighted by Crippen LogP contribution is 2.13. The fraction of sp³-hybridized carbons (Fsp3) is 0.222. The van der Waals surface area contributed by atoms with E-state index in [4.69, 9.17) is 4.74 Å². The van der Waals surface area contributed by atoms with Crippen molar-refractivity contribution in [1.82, 2.24) is 5.32 Å². The maximum Gasteiger partial charge on any atom is 0.251 e. The summed E-state index contributed by atoms with van der Waals surface area (Å²) in [6.07, 6.45) is 0.428. The lowest BCUT2D eigenvalue weighted by Gasteiger charge is -2.22. The van der Waals surface area contributed by atoms with Crippen molar-refractivity contribution < 1.29 is 14.3 Å². The first-order valence-corrected chi connectivity index (χ1v) is 7.43. The molecule has 0 bridgehead atoms. The van der Waals surface area contributed by atoms with E-state index in [2.05, 4.69) is 10.6 Å². The van der Waals surface area contributed by atoms with Crippen molar-refractivity contribution >= 4 is 18.0 Å². The molecule has 0 aromatic heterocycles. The van der Waals surface area contributed by atoms with E-state index in [1.54, 1.807) is 24.3 Å². The molecular formula is C18H20N2O3. The van der Waals surface area contributed by atoms with Gasteiger partial charge in [-0.15, -0.1) is 0 Å². The quantitative estimate of drug-likeness (QED) is 0.773. The summed E-state index contributed by atoms with van der Waals surface area (Å²) in [5.41, 5.74) is 1.17. The van der Waals surface area contributed by atoms with Crippen molar-refractivity contribution in [2.24, 2.45) is 0 Å². The first kappa shape index (κ1) is 16.5. The van der Waals surface area contributed by atoms with E-state index in [0.717, 1.165) is 5.75 Å². The summed E-state index contributed by atoms with van der Waals surface area (Å²) in [5.74, 6) is 0.587. The Bertz CT molecular complexity index is 641. The first-order chi connectivity index (χ1) is 11.1. The second kappa shape index (κ2) is 7.98. The largest absolute Gasteiger partial charge is 0.489 e. The van der Waals surface area contributed by atoms with Gasteiger partial charge in [-0.25, -0.2) is 0 Å². The van der Waals surface area contributed by atoms with Crippen LogP contribution in [-0.2, 0) is 4.79 Å². The Morgan fingerprint density at radius 2 is 1.70 bits per heavy atom. The Morgan fingerprint density at radius 1 is 1.04 bits per heavy atom. The summed E-state index contributed by atoms with van der Waals surface area (Å²) >= 11 is 0. The van der Waals surface area contributed by atoms with E-state index in [1.807, 2.05) is 44.2 Å². The van der Waals surface area contributed by atoms with Crippen molar-refractivity contribution in [3.63, 3.8) is 0 Å². The van der Waals surface area contributed by atoms with Crippen molar-refractivity contribution in [2.45, 2.75) is 26.0 Å². The lowest BCUT2D eigenvalue weighted by atomic mass is 10.1. The summed E-state index contributed by atoms with van der Waals surface area (Å²) in [6.45, 7) is 3.81. The topological polar surface area (TPSA) is 67.4 Å². The Morgan fingerprint density at radius 3 is 2.30 bits per heavy atom. The molecule has 0 aliphatic rings. The normalized spacial score (nSPS) is 12.8. The number of rotatable bonds is 7. The number of benzene rings is 2. The van der Waals surface area contributed by atoms with Crippen LogP contribution in [0.1, 0.15) is 24.2 Å². The molecular weight excluding hydrogens is 292 g/mol. The summed E-state index contributed by atoms with van der Waals surface area (Å²) in [5, 5.41) is 5.44. The molecule has 0 aliphatic heterocycles. The first-order valence-electron chi connectivity index (χ1n) is 7.43. The molecule has 0 spiro atoms. The van der Waals surface area contributed by atoms with Gasteiger partial charge in [-0.3, -0.25) is 9.59 Å². The van der Waals surface area contributed by atoms with Gasteiger partial charge in [0.25, 0.3) is 5.91 Å². The minimum atomic E-state index is -0.182. The third kappa shape index (κ3) is 4.85. The lowest BCUT2D eigenvalue weighted by Crippen LogP contribution is -2.42. The zero-order valence-corrected chi connectivity index (χ0v) is 13.2. The average molecular weight is 312 g/mol. The highest BCUT2D eigenvalue weighted by molar-refractivity contribution is 5.94. The maximum absolute atomic E-state index is 12.2. The smallest absolute Gasteiger partial charge is 0.251 e. The molecule has 2 rings (SSSR count). The molecule has 2 N–H and O–H groups in total. The van der Waals surface area contributed by atoms with Crippen LogP contribution in [-0.4, -0.2) is 24.5 Å². The molecule has 0 unspecified atom stereocenters. The SMILES string of the molecule is C[C@H](NC(=O)c1ccc(NC=O)cc1)[C@H](C)Oc1ccccc1. The third-order valence-electron chi connectivity index (χ3n) is 3.50. The molecule has 2 aromatic carbocycles. The van der Waals surface area contributed by atoms with Gasteiger partial charge in [0.15, 0.2) is 0 Å². The monoisotopic (exact) mass is 312 g/mol. The average Bonchev–Trinajstić information content (AvgIpc) is 2.56. The minimum Gasteiger partial charge on any atom is -0.489 e. The van der Waals surface area contributed by atoms with Gasteiger partial charge in [-0.05, 0) is 50.2 Å². The zero-order chi connectivity index (χ0) is 16.7. The van der Waals surface area contributed by atoms with Gasteiger partial charge in [0.1, 0.15) is 11.9 Å². The van der Waals surface area contributed by atoms with E-state index >= 15 is 0 Å². The number of para-hydroxylation sites is 1. The van der Waals surface area contributed by atoms with Gasteiger partial charge in [-0.1, -0.05) is 18.2 Å². The Balaban J connectivity index is 1.91. The molecule has 0 saturated heterocycles. The van der Waals surface area contributed by atoms with Crippen LogP contribution >= 0.6 is 0 Å². The molecule has 0 radical (unpaired) electrons. The second-order valence-electron chi connectivity index (χ2n) is 5.24. The molecule has 2 aromatic rings. The van der Waals surface area contributed by atoms with Crippen molar-refractivity contribution in [1.29, 1.82) is 0 Å². The summed E-state index contributed by atoms with van der Waals surface area (Å²) in [6, 6.07) is 16.0. The number of ether oxygens (including phenoxy) is 1. The van der Waals surface area contributed by atoms with Crippen LogP contribution in [0.15, 0.2) is 54.6 Å². The lowest BCUT2D eigenvalue weighted by molar-refractivity contribution is -0.105. The van der Waals surface area contributed by atoms with E-state index in [-0.39, 0.29) is 18.1 Å². The van der Waals surface area contributed by atoms with Crippen LogP contribution in [0, 0.1) is 0 Å². The Labute approximate surface area is 135 Å². The molecule has 0 fully saturated rings. The number of amides is 2. The molecule has 0 aliphatic carbocycles. The molecule has 23 heavy (non-hydrogen) atoms. The van der Waals surface area contributed by atoms with Crippen LogP contribution < -0.4 is 15.4 Å². The zero-order valence-electron chi connectivity index (χ0n) is 13.2. The van der Waals surface area contributed by atoms with Crippen molar-refractivity contribution in [2.75, 3.05) is 5.32 Å². The molecule has 2 atom stereocenters. The second-order valence-corrected chi connectivity index (χ2v) is 5.24. The van der Waals surface area contributed by atoms with Gasteiger partial charge in [0.05, 0.1) is 6.04 Å². The predicted molar refractivity (Wildman–Crippen MR) is 89.6 cm³/mol. The fourth-order valence-electron chi connectivity index (χ4n) is 2.01. The highest BCUT2D eigenvalue weighted by atomic mass is 16.5. The highest BCUT2D eigenvalue weighted by Gasteiger charge is 2.17. The van der Waals surface area contributed by atoms with Crippen LogP contribution in [0.3, 0.4) is 0 Å². The summed E-state index contributed by atoms with van der Waals surface area (Å²) in [4.78, 5) is 22.6. The molecule has 120 valence electrons. The Hall–Kier alpha value is -2.82. The molecule has 2 amide bonds.